The Morgan fingerprint density at radius 3 is 2.39 bits per heavy atom. The molecule has 2 aromatic rings. The van der Waals surface area contributed by atoms with E-state index in [2.05, 4.69) is 12.2 Å². The molecule has 0 atom stereocenters. The summed E-state index contributed by atoms with van der Waals surface area (Å²) >= 11 is 0. The maximum atomic E-state index is 13.1. The van der Waals surface area contributed by atoms with Crippen LogP contribution >= 0.6 is 0 Å². The van der Waals surface area contributed by atoms with Gasteiger partial charge in [0, 0.05) is 31.7 Å². The molecule has 0 radical (unpaired) electrons. The lowest BCUT2D eigenvalue weighted by Gasteiger charge is -2.29. The number of amides is 2. The highest BCUT2D eigenvalue weighted by Crippen LogP contribution is 2.25. The SMILES string of the molecule is CC1CCN(S(=O)(=O)c2cccc(C(=O)Nc3ccccc3C(=O)N3CCOCC3)c2)CC1. The summed E-state index contributed by atoms with van der Waals surface area (Å²) in [7, 11) is -3.67. The molecule has 2 aromatic carbocycles. The Morgan fingerprint density at radius 2 is 1.67 bits per heavy atom. The maximum absolute atomic E-state index is 13.1. The van der Waals surface area contributed by atoms with Crippen molar-refractivity contribution in [3.05, 3.63) is 59.7 Å². The molecule has 33 heavy (non-hydrogen) atoms. The molecule has 0 saturated carbocycles. The maximum Gasteiger partial charge on any atom is 0.256 e. The van der Waals surface area contributed by atoms with E-state index in [4.69, 9.17) is 4.74 Å². The molecule has 8 nitrogen and oxygen atoms in total. The molecule has 2 amide bonds. The van der Waals surface area contributed by atoms with Gasteiger partial charge in [-0.3, -0.25) is 9.59 Å². The summed E-state index contributed by atoms with van der Waals surface area (Å²) in [6.45, 7) is 5.05. The van der Waals surface area contributed by atoms with Crippen molar-refractivity contribution >= 4 is 27.5 Å². The fraction of sp³-hybridized carbons (Fsp3) is 0.417. The lowest BCUT2D eigenvalue weighted by Crippen LogP contribution is -2.41. The standard InChI is InChI=1S/C24H29N3O5S/c1-18-9-11-27(12-10-18)33(30,31)20-6-4-5-19(17-20)23(28)25-22-8-3-2-7-21(22)24(29)26-13-15-32-16-14-26/h2-8,17-18H,9-16H2,1H3,(H,25,28). The van der Waals surface area contributed by atoms with Crippen molar-refractivity contribution < 1.29 is 22.7 Å². The summed E-state index contributed by atoms with van der Waals surface area (Å²) in [5.74, 6) is -0.139. The molecule has 0 aliphatic carbocycles. The van der Waals surface area contributed by atoms with Gasteiger partial charge in [0.15, 0.2) is 0 Å². The van der Waals surface area contributed by atoms with Crippen molar-refractivity contribution in [3.8, 4) is 0 Å². The second kappa shape index (κ2) is 10.0. The second-order valence-electron chi connectivity index (χ2n) is 8.52. The quantitative estimate of drug-likeness (QED) is 0.724. The van der Waals surface area contributed by atoms with E-state index in [1.54, 1.807) is 41.3 Å². The van der Waals surface area contributed by atoms with Crippen LogP contribution in [0.2, 0.25) is 0 Å². The number of ether oxygens (including phenoxy) is 1. The molecule has 2 aliphatic heterocycles. The summed E-state index contributed by atoms with van der Waals surface area (Å²) in [6.07, 6.45) is 1.65. The van der Waals surface area contributed by atoms with Crippen LogP contribution in [0.25, 0.3) is 0 Å². The number of hydrogen-bond acceptors (Lipinski definition) is 5. The molecule has 0 spiro atoms. The van der Waals surface area contributed by atoms with Crippen LogP contribution in [0.1, 0.15) is 40.5 Å². The normalized spacial score (nSPS) is 18.2. The molecule has 2 aliphatic rings. The van der Waals surface area contributed by atoms with Crippen molar-refractivity contribution in [1.82, 2.24) is 9.21 Å². The fourth-order valence-corrected chi connectivity index (χ4v) is 5.60. The zero-order valence-electron chi connectivity index (χ0n) is 18.7. The van der Waals surface area contributed by atoms with Gasteiger partial charge in [0.25, 0.3) is 11.8 Å². The van der Waals surface area contributed by atoms with Gasteiger partial charge in [0.1, 0.15) is 0 Å². The molecule has 2 heterocycles. The lowest BCUT2D eigenvalue weighted by molar-refractivity contribution is 0.0303. The number of hydrogen-bond donors (Lipinski definition) is 1. The Labute approximate surface area is 194 Å². The van der Waals surface area contributed by atoms with E-state index in [0.29, 0.717) is 56.6 Å². The third-order valence-corrected chi connectivity index (χ3v) is 8.08. The van der Waals surface area contributed by atoms with Crippen LogP contribution in [0.5, 0.6) is 0 Å². The first-order chi connectivity index (χ1) is 15.9. The fourth-order valence-electron chi connectivity index (χ4n) is 4.08. The number of piperidine rings is 1. The molecule has 2 saturated heterocycles. The minimum atomic E-state index is -3.67. The molecule has 2 fully saturated rings. The smallest absolute Gasteiger partial charge is 0.256 e. The third kappa shape index (κ3) is 5.26. The summed E-state index contributed by atoms with van der Waals surface area (Å²) in [5, 5.41) is 2.78. The van der Waals surface area contributed by atoms with Crippen molar-refractivity contribution in [2.45, 2.75) is 24.7 Å². The van der Waals surface area contributed by atoms with Crippen molar-refractivity contribution in [2.75, 3.05) is 44.7 Å². The van der Waals surface area contributed by atoms with Gasteiger partial charge in [-0.05, 0) is 49.1 Å². The molecule has 9 heteroatoms. The van der Waals surface area contributed by atoms with Crippen LogP contribution in [0, 0.1) is 5.92 Å². The summed E-state index contributed by atoms with van der Waals surface area (Å²) in [5.41, 5.74) is 0.992. The number of anilines is 1. The van der Waals surface area contributed by atoms with Gasteiger partial charge in [-0.1, -0.05) is 25.1 Å². The van der Waals surface area contributed by atoms with E-state index >= 15 is 0 Å². The van der Waals surface area contributed by atoms with Gasteiger partial charge < -0.3 is 15.0 Å². The van der Waals surface area contributed by atoms with Gasteiger partial charge in [-0.25, -0.2) is 8.42 Å². The number of morpholine rings is 1. The first-order valence-electron chi connectivity index (χ1n) is 11.2. The number of nitrogens with one attached hydrogen (secondary N) is 1. The van der Waals surface area contributed by atoms with Crippen LogP contribution in [-0.4, -0.2) is 68.8 Å². The molecule has 1 N–H and O–H groups in total. The lowest BCUT2D eigenvalue weighted by atomic mass is 10.0. The number of rotatable bonds is 5. The summed E-state index contributed by atoms with van der Waals surface area (Å²) in [4.78, 5) is 27.8. The van der Waals surface area contributed by atoms with E-state index in [-0.39, 0.29) is 16.4 Å². The summed E-state index contributed by atoms with van der Waals surface area (Å²) < 4.78 is 33.0. The highest BCUT2D eigenvalue weighted by molar-refractivity contribution is 7.89. The van der Waals surface area contributed by atoms with E-state index in [1.807, 2.05) is 0 Å². The van der Waals surface area contributed by atoms with E-state index < -0.39 is 15.9 Å². The zero-order valence-corrected chi connectivity index (χ0v) is 19.5. The van der Waals surface area contributed by atoms with Crippen molar-refractivity contribution in [3.63, 3.8) is 0 Å². The molecule has 0 unspecified atom stereocenters. The first kappa shape index (κ1) is 23.4. The number of para-hydroxylation sites is 1. The van der Waals surface area contributed by atoms with Crippen LogP contribution in [0.15, 0.2) is 53.4 Å². The second-order valence-corrected chi connectivity index (χ2v) is 10.5. The van der Waals surface area contributed by atoms with E-state index in [9.17, 15) is 18.0 Å². The highest BCUT2D eigenvalue weighted by atomic mass is 32.2. The number of carbonyl (C=O) groups excluding carboxylic acids is 2. The predicted molar refractivity (Wildman–Crippen MR) is 125 cm³/mol. The van der Waals surface area contributed by atoms with Gasteiger partial charge in [-0.2, -0.15) is 4.31 Å². The Balaban J connectivity index is 1.53. The zero-order chi connectivity index (χ0) is 23.4. The Morgan fingerprint density at radius 1 is 0.970 bits per heavy atom. The van der Waals surface area contributed by atoms with Gasteiger partial charge in [0.2, 0.25) is 10.0 Å². The number of carbonyl (C=O) groups is 2. The monoisotopic (exact) mass is 471 g/mol. The average Bonchev–Trinajstić information content (AvgIpc) is 2.85. The minimum Gasteiger partial charge on any atom is -0.378 e. The minimum absolute atomic E-state index is 0.0994. The predicted octanol–water partition coefficient (Wildman–Crippen LogP) is 2.83. The molecule has 176 valence electrons. The van der Waals surface area contributed by atoms with Crippen LogP contribution in [-0.2, 0) is 14.8 Å². The number of nitrogens with zero attached hydrogens (tertiary/aromatic N) is 2. The van der Waals surface area contributed by atoms with E-state index in [0.717, 1.165) is 12.8 Å². The van der Waals surface area contributed by atoms with Gasteiger partial charge >= 0.3 is 0 Å². The number of benzene rings is 2. The molecule has 0 aromatic heterocycles. The number of sulfonamides is 1. The first-order valence-corrected chi connectivity index (χ1v) is 12.7. The topological polar surface area (TPSA) is 96.0 Å². The van der Waals surface area contributed by atoms with Crippen LogP contribution in [0.3, 0.4) is 0 Å². The van der Waals surface area contributed by atoms with Crippen LogP contribution in [0.4, 0.5) is 5.69 Å². The third-order valence-electron chi connectivity index (χ3n) is 6.18. The molecular formula is C24H29N3O5S. The average molecular weight is 472 g/mol. The largest absolute Gasteiger partial charge is 0.378 e. The Hall–Kier alpha value is -2.75. The molecule has 4 rings (SSSR count). The van der Waals surface area contributed by atoms with E-state index in [1.165, 1.54) is 16.4 Å². The van der Waals surface area contributed by atoms with Crippen LogP contribution < -0.4 is 5.32 Å². The van der Waals surface area contributed by atoms with Gasteiger partial charge in [0.05, 0.1) is 29.4 Å². The van der Waals surface area contributed by atoms with Gasteiger partial charge in [-0.15, -0.1) is 0 Å². The molecular weight excluding hydrogens is 442 g/mol. The molecule has 0 bridgehead atoms. The van der Waals surface area contributed by atoms with Crippen molar-refractivity contribution in [1.29, 1.82) is 0 Å². The van der Waals surface area contributed by atoms with Crippen molar-refractivity contribution in [2.24, 2.45) is 5.92 Å². The Bertz CT molecular complexity index is 1120. The summed E-state index contributed by atoms with van der Waals surface area (Å²) in [6, 6.07) is 12.9. The highest BCUT2D eigenvalue weighted by Gasteiger charge is 2.29. The Kier molecular flexibility index (Phi) is 7.11.